The van der Waals surface area contributed by atoms with Gasteiger partial charge < -0.3 is 10.6 Å². The first-order valence-electron chi connectivity index (χ1n) is 7.48. The van der Waals surface area contributed by atoms with Gasteiger partial charge in [-0.15, -0.1) is 0 Å². The van der Waals surface area contributed by atoms with Gasteiger partial charge in [0.15, 0.2) is 0 Å². The van der Waals surface area contributed by atoms with Gasteiger partial charge in [-0.1, -0.05) is 18.9 Å². The van der Waals surface area contributed by atoms with Crippen LogP contribution in [-0.2, 0) is 6.42 Å². The molecule has 0 radical (unpaired) electrons. The molecule has 1 aliphatic heterocycles. The van der Waals surface area contributed by atoms with Gasteiger partial charge in [-0.05, 0) is 49.3 Å². The van der Waals surface area contributed by atoms with E-state index in [1.807, 2.05) is 12.1 Å². The summed E-state index contributed by atoms with van der Waals surface area (Å²) < 4.78 is 0. The predicted molar refractivity (Wildman–Crippen MR) is 77.5 cm³/mol. The summed E-state index contributed by atoms with van der Waals surface area (Å²) in [6, 6.07) is 6.00. The number of hydrogen-bond donors (Lipinski definition) is 2. The molecule has 0 bridgehead atoms. The average molecular weight is 258 g/mol. The van der Waals surface area contributed by atoms with E-state index in [0.717, 1.165) is 37.2 Å². The minimum Gasteiger partial charge on any atom is -0.385 e. The first kappa shape index (κ1) is 12.5. The van der Waals surface area contributed by atoms with Gasteiger partial charge in [0.05, 0.1) is 0 Å². The second-order valence-corrected chi connectivity index (χ2v) is 5.72. The first-order valence-corrected chi connectivity index (χ1v) is 7.48. The van der Waals surface area contributed by atoms with Crippen molar-refractivity contribution in [3.8, 4) is 0 Å². The first-order chi connectivity index (χ1) is 9.34. The number of benzene rings is 1. The molecule has 0 spiro atoms. The van der Waals surface area contributed by atoms with E-state index in [4.69, 9.17) is 0 Å². The molecule has 0 saturated heterocycles. The fourth-order valence-corrected chi connectivity index (χ4v) is 3.27. The van der Waals surface area contributed by atoms with Crippen molar-refractivity contribution >= 4 is 11.6 Å². The maximum absolute atomic E-state index is 12.3. The Hall–Kier alpha value is -1.51. The summed E-state index contributed by atoms with van der Waals surface area (Å²) in [7, 11) is 0. The molecule has 2 N–H and O–H groups in total. The zero-order chi connectivity index (χ0) is 13.1. The maximum Gasteiger partial charge on any atom is 0.251 e. The SMILES string of the molecule is O=C(NCC1CCCC1)c1cccc2c1CCCN2. The van der Waals surface area contributed by atoms with Crippen molar-refractivity contribution in [1.29, 1.82) is 0 Å². The zero-order valence-electron chi connectivity index (χ0n) is 11.4. The van der Waals surface area contributed by atoms with Crippen LogP contribution in [0, 0.1) is 5.92 Å². The van der Waals surface area contributed by atoms with Gasteiger partial charge in [0.1, 0.15) is 0 Å². The van der Waals surface area contributed by atoms with Crippen molar-refractivity contribution in [1.82, 2.24) is 5.32 Å². The van der Waals surface area contributed by atoms with Crippen molar-refractivity contribution in [2.45, 2.75) is 38.5 Å². The second kappa shape index (κ2) is 5.64. The molecular formula is C16H22N2O. The fourth-order valence-electron chi connectivity index (χ4n) is 3.27. The molecule has 1 aromatic carbocycles. The molecule has 102 valence electrons. The Balaban J connectivity index is 1.68. The lowest BCUT2D eigenvalue weighted by molar-refractivity contribution is 0.0946. The lowest BCUT2D eigenvalue weighted by Crippen LogP contribution is -2.30. The molecule has 1 fully saturated rings. The largest absolute Gasteiger partial charge is 0.385 e. The minimum atomic E-state index is 0.104. The summed E-state index contributed by atoms with van der Waals surface area (Å²) in [5, 5.41) is 6.50. The van der Waals surface area contributed by atoms with Crippen molar-refractivity contribution in [2.24, 2.45) is 5.92 Å². The van der Waals surface area contributed by atoms with Gasteiger partial charge in [-0.2, -0.15) is 0 Å². The van der Waals surface area contributed by atoms with Crippen LogP contribution in [0.3, 0.4) is 0 Å². The number of anilines is 1. The van der Waals surface area contributed by atoms with Crippen molar-refractivity contribution < 1.29 is 4.79 Å². The Morgan fingerprint density at radius 2 is 2.11 bits per heavy atom. The van der Waals surface area contributed by atoms with E-state index in [9.17, 15) is 4.79 Å². The number of amides is 1. The molecule has 1 saturated carbocycles. The van der Waals surface area contributed by atoms with Gasteiger partial charge in [0, 0.05) is 24.3 Å². The molecule has 3 heteroatoms. The van der Waals surface area contributed by atoms with Gasteiger partial charge in [0.2, 0.25) is 0 Å². The third-order valence-electron chi connectivity index (χ3n) is 4.37. The summed E-state index contributed by atoms with van der Waals surface area (Å²) in [6.45, 7) is 1.86. The molecule has 1 aliphatic carbocycles. The number of rotatable bonds is 3. The van der Waals surface area contributed by atoms with E-state index in [2.05, 4.69) is 16.7 Å². The van der Waals surface area contributed by atoms with E-state index < -0.39 is 0 Å². The maximum atomic E-state index is 12.3. The smallest absolute Gasteiger partial charge is 0.251 e. The third-order valence-corrected chi connectivity index (χ3v) is 4.37. The van der Waals surface area contributed by atoms with E-state index >= 15 is 0 Å². The molecular weight excluding hydrogens is 236 g/mol. The number of carbonyl (C=O) groups excluding carboxylic acids is 1. The molecule has 0 unspecified atom stereocenters. The molecule has 19 heavy (non-hydrogen) atoms. The van der Waals surface area contributed by atoms with Crippen LogP contribution in [0.15, 0.2) is 18.2 Å². The van der Waals surface area contributed by atoms with Gasteiger partial charge in [0.25, 0.3) is 5.91 Å². The summed E-state index contributed by atoms with van der Waals surface area (Å²) in [5.74, 6) is 0.800. The number of nitrogens with one attached hydrogen (secondary N) is 2. The highest BCUT2D eigenvalue weighted by atomic mass is 16.1. The van der Waals surface area contributed by atoms with Crippen molar-refractivity contribution in [2.75, 3.05) is 18.4 Å². The minimum absolute atomic E-state index is 0.104. The quantitative estimate of drug-likeness (QED) is 0.875. The fraction of sp³-hybridized carbons (Fsp3) is 0.562. The third kappa shape index (κ3) is 2.75. The molecule has 1 amide bonds. The molecule has 3 nitrogen and oxygen atoms in total. The summed E-state index contributed by atoms with van der Waals surface area (Å²) in [4.78, 5) is 12.3. The van der Waals surface area contributed by atoms with Crippen LogP contribution < -0.4 is 10.6 Å². The Labute approximate surface area is 114 Å². The van der Waals surface area contributed by atoms with Crippen LogP contribution in [-0.4, -0.2) is 19.0 Å². The van der Waals surface area contributed by atoms with E-state index in [1.54, 1.807) is 0 Å². The predicted octanol–water partition coefficient (Wildman–Crippen LogP) is 2.96. The highest BCUT2D eigenvalue weighted by Crippen LogP contribution is 2.26. The van der Waals surface area contributed by atoms with E-state index in [1.165, 1.54) is 31.2 Å². The molecule has 0 atom stereocenters. The normalized spacial score (nSPS) is 18.7. The van der Waals surface area contributed by atoms with E-state index in [0.29, 0.717) is 5.92 Å². The molecule has 2 aliphatic rings. The zero-order valence-corrected chi connectivity index (χ0v) is 11.4. The Morgan fingerprint density at radius 3 is 2.95 bits per heavy atom. The Kier molecular flexibility index (Phi) is 3.72. The van der Waals surface area contributed by atoms with Crippen LogP contribution in [0.2, 0.25) is 0 Å². The Bertz CT molecular complexity index is 464. The number of carbonyl (C=O) groups is 1. The number of hydrogen-bond acceptors (Lipinski definition) is 2. The lowest BCUT2D eigenvalue weighted by Gasteiger charge is -2.21. The second-order valence-electron chi connectivity index (χ2n) is 5.72. The summed E-state index contributed by atoms with van der Waals surface area (Å²) >= 11 is 0. The summed E-state index contributed by atoms with van der Waals surface area (Å²) in [6.07, 6.45) is 7.31. The molecule has 1 heterocycles. The standard InChI is InChI=1S/C16H22N2O/c19-16(18-11-12-5-1-2-6-12)14-7-3-9-15-13(14)8-4-10-17-15/h3,7,9,12,17H,1-2,4-6,8,10-11H2,(H,18,19). The molecule has 3 rings (SSSR count). The molecule has 1 aromatic rings. The van der Waals surface area contributed by atoms with Crippen LogP contribution in [0.5, 0.6) is 0 Å². The van der Waals surface area contributed by atoms with Crippen LogP contribution in [0.25, 0.3) is 0 Å². The van der Waals surface area contributed by atoms with Crippen LogP contribution in [0.4, 0.5) is 5.69 Å². The van der Waals surface area contributed by atoms with E-state index in [-0.39, 0.29) is 5.91 Å². The highest BCUT2D eigenvalue weighted by Gasteiger charge is 2.19. The Morgan fingerprint density at radius 1 is 1.26 bits per heavy atom. The van der Waals surface area contributed by atoms with Crippen LogP contribution in [0.1, 0.15) is 48.0 Å². The monoisotopic (exact) mass is 258 g/mol. The van der Waals surface area contributed by atoms with Gasteiger partial charge in [-0.3, -0.25) is 4.79 Å². The van der Waals surface area contributed by atoms with Crippen molar-refractivity contribution in [3.63, 3.8) is 0 Å². The lowest BCUT2D eigenvalue weighted by atomic mass is 9.97. The number of fused-ring (bicyclic) bond motifs is 1. The average Bonchev–Trinajstić information content (AvgIpc) is 2.97. The van der Waals surface area contributed by atoms with Crippen molar-refractivity contribution in [3.05, 3.63) is 29.3 Å². The van der Waals surface area contributed by atoms with Gasteiger partial charge in [-0.25, -0.2) is 0 Å². The van der Waals surface area contributed by atoms with Crippen LogP contribution >= 0.6 is 0 Å². The topological polar surface area (TPSA) is 41.1 Å². The molecule has 0 aromatic heterocycles. The summed E-state index contributed by atoms with van der Waals surface area (Å²) in [5.41, 5.74) is 3.19. The highest BCUT2D eigenvalue weighted by molar-refractivity contribution is 5.97. The van der Waals surface area contributed by atoms with Gasteiger partial charge >= 0.3 is 0 Å².